The van der Waals surface area contributed by atoms with Crippen LogP contribution in [0.5, 0.6) is 0 Å². The van der Waals surface area contributed by atoms with E-state index in [2.05, 4.69) is 11.8 Å². The monoisotopic (exact) mass is 348 g/mol. The maximum absolute atomic E-state index is 11.7. The summed E-state index contributed by atoms with van der Waals surface area (Å²) in [6, 6.07) is 5.42. The summed E-state index contributed by atoms with van der Waals surface area (Å²) in [6.45, 7) is 5.76. The summed E-state index contributed by atoms with van der Waals surface area (Å²) in [6.07, 6.45) is 4.34. The summed E-state index contributed by atoms with van der Waals surface area (Å²) in [7, 11) is 1.36. The summed E-state index contributed by atoms with van der Waals surface area (Å²) >= 11 is 0. The zero-order valence-electron chi connectivity index (χ0n) is 15.4. The molecule has 0 radical (unpaired) electrons. The van der Waals surface area contributed by atoms with E-state index < -0.39 is 0 Å². The highest BCUT2D eigenvalue weighted by Crippen LogP contribution is 2.37. The lowest BCUT2D eigenvalue weighted by molar-refractivity contribution is -0.384. The Morgan fingerprint density at radius 3 is 2.64 bits per heavy atom. The first kappa shape index (κ1) is 19.2. The van der Waals surface area contributed by atoms with Gasteiger partial charge in [0.05, 0.1) is 18.5 Å². The minimum atomic E-state index is -0.306. The number of methoxy groups -OCH3 is 1. The molecule has 0 spiro atoms. The summed E-state index contributed by atoms with van der Waals surface area (Å²) in [4.78, 5) is 25.1. The normalized spacial score (nSPS) is 14.8. The Hall–Kier alpha value is -2.11. The van der Waals surface area contributed by atoms with Crippen LogP contribution in [0.1, 0.15) is 57.4 Å². The number of anilines is 1. The molecule has 0 aromatic heterocycles. The van der Waals surface area contributed by atoms with Gasteiger partial charge in [-0.05, 0) is 49.1 Å². The quantitative estimate of drug-likeness (QED) is 0.358. The summed E-state index contributed by atoms with van der Waals surface area (Å²) in [5, 5.41) is 11.7. The summed E-state index contributed by atoms with van der Waals surface area (Å²) in [5.41, 5.74) is 1.65. The SMILES string of the molecule is CCCN(CC1CC1)c1ccc(C(CC)CC(=O)OC)cc1[N+](=O)[O-]. The van der Waals surface area contributed by atoms with Crippen LogP contribution in [-0.4, -0.2) is 31.1 Å². The average Bonchev–Trinajstić information content (AvgIpc) is 3.42. The molecule has 1 atom stereocenters. The number of rotatable bonds is 10. The van der Waals surface area contributed by atoms with Crippen LogP contribution < -0.4 is 4.90 Å². The third kappa shape index (κ3) is 5.18. The van der Waals surface area contributed by atoms with Gasteiger partial charge in [0, 0.05) is 19.2 Å². The fraction of sp³-hybridized carbons (Fsp3) is 0.632. The van der Waals surface area contributed by atoms with Gasteiger partial charge in [-0.25, -0.2) is 0 Å². The fourth-order valence-electron chi connectivity index (χ4n) is 3.18. The lowest BCUT2D eigenvalue weighted by Crippen LogP contribution is -2.27. The molecule has 0 saturated heterocycles. The van der Waals surface area contributed by atoms with Gasteiger partial charge in [0.15, 0.2) is 0 Å². The van der Waals surface area contributed by atoms with Crippen molar-refractivity contribution in [3.8, 4) is 0 Å². The molecule has 0 N–H and O–H groups in total. The van der Waals surface area contributed by atoms with E-state index >= 15 is 0 Å². The number of nitro groups is 1. The molecule has 6 heteroatoms. The van der Waals surface area contributed by atoms with E-state index in [9.17, 15) is 14.9 Å². The Labute approximate surface area is 149 Å². The molecule has 0 bridgehead atoms. The predicted molar refractivity (Wildman–Crippen MR) is 98.0 cm³/mol. The molecule has 25 heavy (non-hydrogen) atoms. The number of carbonyl (C=O) groups is 1. The first-order valence-corrected chi connectivity index (χ1v) is 9.10. The van der Waals surface area contributed by atoms with Crippen molar-refractivity contribution >= 4 is 17.3 Å². The van der Waals surface area contributed by atoms with E-state index in [0.29, 0.717) is 11.6 Å². The minimum Gasteiger partial charge on any atom is -0.469 e. The molecular weight excluding hydrogens is 320 g/mol. The van der Waals surface area contributed by atoms with Crippen molar-refractivity contribution in [3.63, 3.8) is 0 Å². The van der Waals surface area contributed by atoms with Crippen molar-refractivity contribution in [1.82, 2.24) is 0 Å². The smallest absolute Gasteiger partial charge is 0.306 e. The van der Waals surface area contributed by atoms with E-state index in [1.165, 1.54) is 20.0 Å². The Balaban J connectivity index is 2.31. The van der Waals surface area contributed by atoms with Gasteiger partial charge in [0.1, 0.15) is 5.69 Å². The highest BCUT2D eigenvalue weighted by Gasteiger charge is 2.28. The summed E-state index contributed by atoms with van der Waals surface area (Å²) in [5.74, 6) is 0.303. The van der Waals surface area contributed by atoms with Crippen molar-refractivity contribution in [2.45, 2.75) is 51.9 Å². The summed E-state index contributed by atoms with van der Waals surface area (Å²) < 4.78 is 4.75. The third-order valence-electron chi connectivity index (χ3n) is 4.81. The van der Waals surface area contributed by atoms with Gasteiger partial charge in [-0.3, -0.25) is 14.9 Å². The van der Waals surface area contributed by atoms with Crippen LogP contribution in [0.25, 0.3) is 0 Å². The van der Waals surface area contributed by atoms with E-state index in [4.69, 9.17) is 4.74 Å². The van der Waals surface area contributed by atoms with E-state index in [1.54, 1.807) is 6.07 Å². The molecule has 1 saturated carbocycles. The molecule has 0 amide bonds. The van der Waals surface area contributed by atoms with Gasteiger partial charge < -0.3 is 9.64 Å². The third-order valence-corrected chi connectivity index (χ3v) is 4.81. The second-order valence-corrected chi connectivity index (χ2v) is 6.78. The molecule has 1 fully saturated rings. The Morgan fingerprint density at radius 1 is 1.40 bits per heavy atom. The standard InChI is InChI=1S/C19H28N2O4/c1-4-10-20(13-14-6-7-14)17-9-8-16(11-18(17)21(23)24)15(5-2)12-19(22)25-3/h8-9,11,14-15H,4-7,10,12-13H2,1-3H3. The number of benzene rings is 1. The van der Waals surface area contributed by atoms with Crippen LogP contribution in [0.4, 0.5) is 11.4 Å². The molecule has 138 valence electrons. The second-order valence-electron chi connectivity index (χ2n) is 6.78. The van der Waals surface area contributed by atoms with Crippen molar-refractivity contribution < 1.29 is 14.5 Å². The molecule has 1 aromatic rings. The highest BCUT2D eigenvalue weighted by atomic mass is 16.6. The van der Waals surface area contributed by atoms with Gasteiger partial charge in [-0.2, -0.15) is 0 Å². The maximum atomic E-state index is 11.7. The first-order valence-electron chi connectivity index (χ1n) is 9.10. The van der Waals surface area contributed by atoms with E-state index in [0.717, 1.165) is 31.5 Å². The van der Waals surface area contributed by atoms with Crippen LogP contribution in [0.15, 0.2) is 18.2 Å². The number of esters is 1. The second kappa shape index (κ2) is 8.83. The molecule has 1 unspecified atom stereocenters. The van der Waals surface area contributed by atoms with Crippen molar-refractivity contribution in [2.75, 3.05) is 25.1 Å². The van der Waals surface area contributed by atoms with Crippen LogP contribution in [-0.2, 0) is 9.53 Å². The van der Waals surface area contributed by atoms with E-state index in [-0.39, 0.29) is 28.9 Å². The Morgan fingerprint density at radius 2 is 2.12 bits per heavy atom. The zero-order valence-corrected chi connectivity index (χ0v) is 15.4. The molecule has 0 heterocycles. The number of nitrogens with zero attached hydrogens (tertiary/aromatic N) is 2. The molecule has 1 aliphatic rings. The van der Waals surface area contributed by atoms with Crippen LogP contribution >= 0.6 is 0 Å². The minimum absolute atomic E-state index is 0.0664. The van der Waals surface area contributed by atoms with Gasteiger partial charge >= 0.3 is 5.97 Å². The van der Waals surface area contributed by atoms with Gasteiger partial charge in [0.2, 0.25) is 0 Å². The number of ether oxygens (including phenoxy) is 1. The molecular formula is C19H28N2O4. The number of nitro benzene ring substituents is 1. The van der Waals surface area contributed by atoms with Gasteiger partial charge in [0.25, 0.3) is 5.69 Å². The van der Waals surface area contributed by atoms with Crippen LogP contribution in [0, 0.1) is 16.0 Å². The number of hydrogen-bond donors (Lipinski definition) is 0. The lowest BCUT2D eigenvalue weighted by Gasteiger charge is -2.25. The van der Waals surface area contributed by atoms with Crippen molar-refractivity contribution in [3.05, 3.63) is 33.9 Å². The molecule has 0 aliphatic heterocycles. The van der Waals surface area contributed by atoms with Crippen LogP contribution in [0.3, 0.4) is 0 Å². The molecule has 2 rings (SSSR count). The van der Waals surface area contributed by atoms with E-state index in [1.807, 2.05) is 19.1 Å². The number of hydrogen-bond acceptors (Lipinski definition) is 5. The zero-order chi connectivity index (χ0) is 18.4. The maximum Gasteiger partial charge on any atom is 0.306 e. The highest BCUT2D eigenvalue weighted by molar-refractivity contribution is 5.71. The molecule has 6 nitrogen and oxygen atoms in total. The van der Waals surface area contributed by atoms with Gasteiger partial charge in [-0.1, -0.05) is 19.9 Å². The average molecular weight is 348 g/mol. The van der Waals surface area contributed by atoms with Crippen LogP contribution in [0.2, 0.25) is 0 Å². The van der Waals surface area contributed by atoms with Crippen molar-refractivity contribution in [1.29, 1.82) is 0 Å². The lowest BCUT2D eigenvalue weighted by atomic mass is 9.92. The largest absolute Gasteiger partial charge is 0.469 e. The first-order chi connectivity index (χ1) is 12.0. The predicted octanol–water partition coefficient (Wildman–Crippen LogP) is 4.28. The molecule has 1 aliphatic carbocycles. The topological polar surface area (TPSA) is 72.7 Å². The van der Waals surface area contributed by atoms with Crippen molar-refractivity contribution in [2.24, 2.45) is 5.92 Å². The number of carbonyl (C=O) groups excluding carboxylic acids is 1. The fourth-order valence-corrected chi connectivity index (χ4v) is 3.18. The van der Waals surface area contributed by atoms with Gasteiger partial charge in [-0.15, -0.1) is 0 Å². The Bertz CT molecular complexity index is 613. The molecule has 1 aromatic carbocycles. The Kier molecular flexibility index (Phi) is 6.79.